The number of fused-ring (bicyclic) bond motifs is 1. The molecule has 1 heterocycles. The number of hydrogen-bond acceptors (Lipinski definition) is 3. The largest absolute Gasteiger partial charge is 0.366 e. The maximum atomic E-state index is 12.7. The molecule has 0 saturated heterocycles. The van der Waals surface area contributed by atoms with Crippen LogP contribution in [0, 0.1) is 18.3 Å². The van der Waals surface area contributed by atoms with Gasteiger partial charge in [-0.15, -0.1) is 0 Å². The molecule has 1 unspecified atom stereocenters. The number of carbonyl (C=O) groups excluding carboxylic acids is 1. The van der Waals surface area contributed by atoms with Gasteiger partial charge >= 0.3 is 0 Å². The number of benzene rings is 2. The second-order valence-electron chi connectivity index (χ2n) is 8.99. The second-order valence-corrected chi connectivity index (χ2v) is 9.40. The van der Waals surface area contributed by atoms with E-state index in [9.17, 15) is 10.1 Å². The number of nitrogens with one attached hydrogen (secondary N) is 1. The highest BCUT2D eigenvalue weighted by Gasteiger charge is 2.36. The molecule has 1 N–H and O–H groups in total. The smallest absolute Gasteiger partial charge is 0.266 e. The van der Waals surface area contributed by atoms with E-state index in [-0.39, 0.29) is 11.1 Å². The molecule has 1 amide bonds. The van der Waals surface area contributed by atoms with Crippen LogP contribution in [0.5, 0.6) is 0 Å². The van der Waals surface area contributed by atoms with Gasteiger partial charge in [-0.3, -0.25) is 4.79 Å². The number of nitrogens with zero attached hydrogens (tertiary/aromatic N) is 2. The van der Waals surface area contributed by atoms with Crippen molar-refractivity contribution < 1.29 is 4.79 Å². The first kappa shape index (κ1) is 22.9. The number of nitriles is 1. The molecule has 0 aromatic heterocycles. The van der Waals surface area contributed by atoms with Gasteiger partial charge in [-0.2, -0.15) is 5.26 Å². The second kappa shape index (κ2) is 9.16. The quantitative estimate of drug-likeness (QED) is 0.420. The Hall–Kier alpha value is -2.77. The number of amides is 1. The minimum atomic E-state index is -0.443. The Balaban J connectivity index is 1.96. The van der Waals surface area contributed by atoms with Crippen LogP contribution in [0.1, 0.15) is 63.1 Å². The van der Waals surface area contributed by atoms with Crippen molar-refractivity contribution >= 4 is 35.0 Å². The molecule has 0 bridgehead atoms. The van der Waals surface area contributed by atoms with Gasteiger partial charge in [0.15, 0.2) is 0 Å². The lowest BCUT2D eigenvalue weighted by atomic mass is 9.79. The zero-order valence-electron chi connectivity index (χ0n) is 18.9. The third kappa shape index (κ3) is 4.94. The van der Waals surface area contributed by atoms with E-state index in [4.69, 9.17) is 11.6 Å². The molecule has 2 aromatic carbocycles. The number of carbonyl (C=O) groups is 1. The predicted molar refractivity (Wildman–Crippen MR) is 130 cm³/mol. The van der Waals surface area contributed by atoms with E-state index in [1.807, 2.05) is 49.4 Å². The Labute approximate surface area is 190 Å². The summed E-state index contributed by atoms with van der Waals surface area (Å²) in [6.07, 6.45) is 3.67. The van der Waals surface area contributed by atoms with Crippen LogP contribution in [0.3, 0.4) is 0 Å². The number of aryl methyl sites for hydroxylation is 1. The normalized spacial score (nSPS) is 17.6. The minimum Gasteiger partial charge on any atom is -0.366 e. The summed E-state index contributed by atoms with van der Waals surface area (Å²) in [6.45, 7) is 11.9. The SMILES string of the molecule is CCCN1c2cc(Cl)c(/C=C(\C#N)C(=O)Nc3ccc(C)cc3)cc2C(C)CC1(C)C. The van der Waals surface area contributed by atoms with Gasteiger partial charge in [0, 0.05) is 28.5 Å². The molecule has 3 rings (SSSR count). The summed E-state index contributed by atoms with van der Waals surface area (Å²) in [7, 11) is 0. The van der Waals surface area contributed by atoms with E-state index >= 15 is 0 Å². The minimum absolute atomic E-state index is 0.0247. The van der Waals surface area contributed by atoms with Crippen molar-refractivity contribution in [1.29, 1.82) is 5.26 Å². The van der Waals surface area contributed by atoms with E-state index in [0.29, 0.717) is 22.2 Å². The third-order valence-electron chi connectivity index (χ3n) is 5.93. The monoisotopic (exact) mass is 435 g/mol. The first-order chi connectivity index (χ1) is 14.7. The van der Waals surface area contributed by atoms with Crippen molar-refractivity contribution in [2.75, 3.05) is 16.8 Å². The Morgan fingerprint density at radius 3 is 2.61 bits per heavy atom. The fourth-order valence-electron chi connectivity index (χ4n) is 4.42. The highest BCUT2D eigenvalue weighted by Crippen LogP contribution is 2.45. The Bertz CT molecular complexity index is 1050. The summed E-state index contributed by atoms with van der Waals surface area (Å²) in [5, 5.41) is 12.9. The maximum absolute atomic E-state index is 12.7. The molecular weight excluding hydrogens is 406 g/mol. The Morgan fingerprint density at radius 1 is 1.32 bits per heavy atom. The topological polar surface area (TPSA) is 56.1 Å². The third-order valence-corrected chi connectivity index (χ3v) is 6.25. The predicted octanol–water partition coefficient (Wildman–Crippen LogP) is 6.70. The standard InChI is InChI=1S/C26H30ClN3O/c1-6-11-30-24-14-23(27)19(13-22(24)18(3)15-26(30,4)5)12-20(16-28)25(31)29-21-9-7-17(2)8-10-21/h7-10,12-14,18H,6,11,15H2,1-5H3,(H,29,31)/b20-12+. The highest BCUT2D eigenvalue weighted by atomic mass is 35.5. The summed E-state index contributed by atoms with van der Waals surface area (Å²) in [5.41, 5.74) is 4.88. The van der Waals surface area contributed by atoms with Crippen LogP contribution in [0.4, 0.5) is 11.4 Å². The molecule has 0 aliphatic carbocycles. The molecule has 0 spiro atoms. The van der Waals surface area contributed by atoms with Gasteiger partial charge in [0.1, 0.15) is 11.6 Å². The number of halogens is 1. The van der Waals surface area contributed by atoms with Crippen molar-refractivity contribution in [1.82, 2.24) is 0 Å². The first-order valence-corrected chi connectivity index (χ1v) is 11.1. The fourth-order valence-corrected chi connectivity index (χ4v) is 4.63. The van der Waals surface area contributed by atoms with Gasteiger partial charge in [-0.25, -0.2) is 0 Å². The molecule has 162 valence electrons. The van der Waals surface area contributed by atoms with Crippen LogP contribution in [-0.4, -0.2) is 18.0 Å². The molecule has 31 heavy (non-hydrogen) atoms. The van der Waals surface area contributed by atoms with E-state index in [1.165, 1.54) is 5.56 Å². The summed E-state index contributed by atoms with van der Waals surface area (Å²) < 4.78 is 0. The number of rotatable bonds is 5. The Morgan fingerprint density at radius 2 is 2.00 bits per heavy atom. The lowest BCUT2D eigenvalue weighted by molar-refractivity contribution is -0.112. The molecule has 2 aromatic rings. The molecule has 1 aliphatic rings. The summed E-state index contributed by atoms with van der Waals surface area (Å²) in [5.74, 6) is -0.0867. The van der Waals surface area contributed by atoms with Crippen LogP contribution in [0.2, 0.25) is 5.02 Å². The molecule has 1 atom stereocenters. The van der Waals surface area contributed by atoms with Crippen LogP contribution in [-0.2, 0) is 4.79 Å². The van der Waals surface area contributed by atoms with Gasteiger partial charge in [-0.1, -0.05) is 43.1 Å². The summed E-state index contributed by atoms with van der Waals surface area (Å²) in [4.78, 5) is 15.1. The van der Waals surface area contributed by atoms with E-state index in [1.54, 1.807) is 6.08 Å². The van der Waals surface area contributed by atoms with Crippen molar-refractivity contribution in [2.24, 2.45) is 0 Å². The lowest BCUT2D eigenvalue weighted by Crippen LogP contribution is -2.48. The summed E-state index contributed by atoms with van der Waals surface area (Å²) >= 11 is 6.64. The van der Waals surface area contributed by atoms with Crippen LogP contribution in [0.15, 0.2) is 42.0 Å². The summed E-state index contributed by atoms with van der Waals surface area (Å²) in [6, 6.07) is 13.5. The fraction of sp³-hybridized carbons (Fsp3) is 0.385. The average molecular weight is 436 g/mol. The zero-order valence-corrected chi connectivity index (χ0v) is 19.7. The first-order valence-electron chi connectivity index (χ1n) is 10.8. The van der Waals surface area contributed by atoms with Crippen molar-refractivity contribution in [3.63, 3.8) is 0 Å². The molecule has 0 radical (unpaired) electrons. The maximum Gasteiger partial charge on any atom is 0.266 e. The van der Waals surface area contributed by atoms with Crippen LogP contribution < -0.4 is 10.2 Å². The van der Waals surface area contributed by atoms with Crippen LogP contribution in [0.25, 0.3) is 6.08 Å². The molecule has 0 saturated carbocycles. The van der Waals surface area contributed by atoms with Gasteiger partial charge in [0.2, 0.25) is 0 Å². The molecule has 1 aliphatic heterocycles. The average Bonchev–Trinajstić information content (AvgIpc) is 2.71. The van der Waals surface area contributed by atoms with Gasteiger partial charge in [0.25, 0.3) is 5.91 Å². The number of hydrogen-bond donors (Lipinski definition) is 1. The van der Waals surface area contributed by atoms with Crippen molar-refractivity contribution in [2.45, 2.75) is 58.9 Å². The van der Waals surface area contributed by atoms with Crippen molar-refractivity contribution in [3.8, 4) is 6.07 Å². The Kier molecular flexibility index (Phi) is 6.77. The van der Waals surface area contributed by atoms with Crippen LogP contribution >= 0.6 is 11.6 Å². The molecule has 5 heteroatoms. The molecule has 0 fully saturated rings. The zero-order chi connectivity index (χ0) is 22.8. The van der Waals surface area contributed by atoms with E-state index in [2.05, 4.69) is 37.9 Å². The van der Waals surface area contributed by atoms with Gasteiger partial charge < -0.3 is 10.2 Å². The van der Waals surface area contributed by atoms with Gasteiger partial charge in [-0.05, 0) is 81.0 Å². The number of anilines is 2. The molecular formula is C26H30ClN3O. The van der Waals surface area contributed by atoms with Crippen molar-refractivity contribution in [3.05, 3.63) is 63.7 Å². The van der Waals surface area contributed by atoms with Gasteiger partial charge in [0.05, 0.1) is 0 Å². The lowest BCUT2D eigenvalue weighted by Gasteiger charge is -2.47. The molecule has 4 nitrogen and oxygen atoms in total. The van der Waals surface area contributed by atoms with E-state index in [0.717, 1.165) is 30.6 Å². The van der Waals surface area contributed by atoms with E-state index < -0.39 is 5.91 Å². The highest BCUT2D eigenvalue weighted by molar-refractivity contribution is 6.32.